The van der Waals surface area contributed by atoms with Crippen LogP contribution in [-0.4, -0.2) is 71.5 Å². The van der Waals surface area contributed by atoms with Gasteiger partial charge >= 0.3 is 11.9 Å². The van der Waals surface area contributed by atoms with Gasteiger partial charge in [0.15, 0.2) is 11.5 Å². The first-order chi connectivity index (χ1) is 17.0. The van der Waals surface area contributed by atoms with Gasteiger partial charge in [-0.15, -0.1) is 0 Å². The van der Waals surface area contributed by atoms with Crippen LogP contribution in [0, 0.1) is 0 Å². The van der Waals surface area contributed by atoms with Crippen LogP contribution in [0.4, 0.5) is 0 Å². The monoisotopic (exact) mass is 482 g/mol. The van der Waals surface area contributed by atoms with Crippen molar-refractivity contribution in [3.8, 4) is 17.2 Å². The number of likely N-dealkylation sites (tertiary alicyclic amines) is 1. The van der Waals surface area contributed by atoms with Crippen molar-refractivity contribution < 1.29 is 34.0 Å². The molecule has 9 heteroatoms. The van der Waals surface area contributed by atoms with Crippen LogP contribution in [-0.2, 0) is 9.59 Å². The van der Waals surface area contributed by atoms with Crippen LogP contribution >= 0.6 is 0 Å². The molecule has 0 aliphatic carbocycles. The maximum atomic E-state index is 9.10. The van der Waals surface area contributed by atoms with Crippen molar-refractivity contribution in [2.45, 2.75) is 25.2 Å². The van der Waals surface area contributed by atoms with Gasteiger partial charge in [0.05, 0.1) is 6.61 Å². The molecule has 0 radical (unpaired) electrons. The van der Waals surface area contributed by atoms with Crippen LogP contribution in [0.15, 0.2) is 48.7 Å². The fourth-order valence-electron chi connectivity index (χ4n) is 4.46. The van der Waals surface area contributed by atoms with Crippen LogP contribution in [0.2, 0.25) is 0 Å². The topological polar surface area (TPSA) is 121 Å². The van der Waals surface area contributed by atoms with Gasteiger partial charge in [-0.2, -0.15) is 0 Å². The summed E-state index contributed by atoms with van der Waals surface area (Å²) in [7, 11) is 0. The molecule has 2 aliphatic rings. The Labute approximate surface area is 203 Å². The third kappa shape index (κ3) is 6.45. The van der Waals surface area contributed by atoms with Crippen molar-refractivity contribution in [1.29, 1.82) is 0 Å². The normalized spacial score (nSPS) is 15.8. The number of carbonyl (C=O) groups is 2. The van der Waals surface area contributed by atoms with E-state index in [0.717, 1.165) is 60.8 Å². The lowest BCUT2D eigenvalue weighted by Gasteiger charge is -2.32. The maximum absolute atomic E-state index is 9.10. The molecule has 0 atom stereocenters. The second-order valence-electron chi connectivity index (χ2n) is 8.53. The number of aromatic amines is 1. The van der Waals surface area contributed by atoms with Crippen LogP contribution in [0.1, 0.15) is 30.7 Å². The van der Waals surface area contributed by atoms with E-state index in [-0.39, 0.29) is 0 Å². The van der Waals surface area contributed by atoms with E-state index in [2.05, 4.69) is 46.3 Å². The van der Waals surface area contributed by atoms with Crippen LogP contribution in [0.5, 0.6) is 17.2 Å². The Morgan fingerprint density at radius 2 is 1.74 bits per heavy atom. The van der Waals surface area contributed by atoms with Gasteiger partial charge in [0, 0.05) is 23.6 Å². The zero-order valence-corrected chi connectivity index (χ0v) is 19.4. The first-order valence-corrected chi connectivity index (χ1v) is 11.8. The SMILES string of the molecule is O=C(O)C(=O)O.c1cc(OCCCN2CCC(c3ccc4c(c3)OCCO4)CC2)c2cc[nH]c2c1. The molecule has 1 aromatic heterocycles. The summed E-state index contributed by atoms with van der Waals surface area (Å²) in [6.07, 6.45) is 5.41. The number of hydrogen-bond donors (Lipinski definition) is 3. The van der Waals surface area contributed by atoms with Crippen molar-refractivity contribution >= 4 is 22.8 Å². The summed E-state index contributed by atoms with van der Waals surface area (Å²) >= 11 is 0. The average Bonchev–Trinajstić information content (AvgIpc) is 3.37. The van der Waals surface area contributed by atoms with E-state index in [1.165, 1.54) is 18.4 Å². The smallest absolute Gasteiger partial charge is 0.414 e. The van der Waals surface area contributed by atoms with Gasteiger partial charge in [0.25, 0.3) is 0 Å². The molecule has 3 aromatic rings. The molecule has 2 aromatic carbocycles. The highest BCUT2D eigenvalue weighted by Crippen LogP contribution is 2.36. The number of rotatable bonds is 6. The van der Waals surface area contributed by atoms with Crippen molar-refractivity contribution in [1.82, 2.24) is 9.88 Å². The molecule has 5 rings (SSSR count). The molecule has 1 fully saturated rings. The van der Waals surface area contributed by atoms with E-state index >= 15 is 0 Å². The first-order valence-electron chi connectivity index (χ1n) is 11.8. The molecule has 9 nitrogen and oxygen atoms in total. The number of nitrogens with one attached hydrogen (secondary N) is 1. The summed E-state index contributed by atoms with van der Waals surface area (Å²) in [5, 5.41) is 15.9. The lowest BCUT2D eigenvalue weighted by molar-refractivity contribution is -0.159. The molecular formula is C26H30N2O7. The predicted molar refractivity (Wildman–Crippen MR) is 130 cm³/mol. The highest BCUT2D eigenvalue weighted by molar-refractivity contribution is 6.27. The van der Waals surface area contributed by atoms with Gasteiger partial charge in [0.1, 0.15) is 19.0 Å². The molecule has 0 saturated carbocycles. The number of aromatic nitrogens is 1. The lowest BCUT2D eigenvalue weighted by atomic mass is 9.89. The van der Waals surface area contributed by atoms with Crippen molar-refractivity contribution in [3.05, 3.63) is 54.2 Å². The molecule has 0 spiro atoms. The van der Waals surface area contributed by atoms with Crippen LogP contribution < -0.4 is 14.2 Å². The van der Waals surface area contributed by atoms with Gasteiger partial charge in [-0.05, 0) is 74.2 Å². The van der Waals surface area contributed by atoms with Gasteiger partial charge < -0.3 is 34.3 Å². The Balaban J connectivity index is 0.000000431. The Hall–Kier alpha value is -3.72. The summed E-state index contributed by atoms with van der Waals surface area (Å²) in [6.45, 7) is 5.44. The van der Waals surface area contributed by atoms with Gasteiger partial charge in [-0.25, -0.2) is 9.59 Å². The number of benzene rings is 2. The summed E-state index contributed by atoms with van der Waals surface area (Å²) in [5.41, 5.74) is 2.51. The van der Waals surface area contributed by atoms with E-state index in [1.807, 2.05) is 12.3 Å². The number of nitrogens with zero attached hydrogens (tertiary/aromatic N) is 1. The van der Waals surface area contributed by atoms with Gasteiger partial charge in [-0.1, -0.05) is 12.1 Å². The predicted octanol–water partition coefficient (Wildman–Crippen LogP) is 3.74. The largest absolute Gasteiger partial charge is 0.493 e. The van der Waals surface area contributed by atoms with Crippen LogP contribution in [0.25, 0.3) is 10.9 Å². The molecule has 0 amide bonds. The minimum atomic E-state index is -1.82. The van der Waals surface area contributed by atoms with Gasteiger partial charge in [-0.3, -0.25) is 0 Å². The number of hydrogen-bond acceptors (Lipinski definition) is 6. The average molecular weight is 483 g/mol. The Bertz CT molecular complexity index is 1140. The standard InChI is InChI=1S/C24H28N2O3.C2H2O4/c1-3-21-20(7-10-25-21)22(4-1)27-14-2-11-26-12-8-18(9-13-26)19-5-6-23-24(17-19)29-16-15-28-23;3-1(4)2(5)6/h1,3-7,10,17-18,25H,2,8-9,11-16H2;(H,3,4)(H,5,6). The molecule has 1 saturated heterocycles. The molecule has 3 heterocycles. The summed E-state index contributed by atoms with van der Waals surface area (Å²) in [5.74, 6) is -0.269. The number of carboxylic acids is 2. The molecule has 0 bridgehead atoms. The zero-order valence-electron chi connectivity index (χ0n) is 19.4. The van der Waals surface area contributed by atoms with Gasteiger partial charge in [0.2, 0.25) is 0 Å². The van der Waals surface area contributed by atoms with E-state index < -0.39 is 11.9 Å². The van der Waals surface area contributed by atoms with E-state index in [0.29, 0.717) is 19.1 Å². The van der Waals surface area contributed by atoms with E-state index in [1.54, 1.807) is 0 Å². The molecular weight excluding hydrogens is 452 g/mol. The fourth-order valence-corrected chi connectivity index (χ4v) is 4.46. The summed E-state index contributed by atoms with van der Waals surface area (Å²) in [4.78, 5) is 24.0. The Morgan fingerprint density at radius 3 is 2.49 bits per heavy atom. The zero-order chi connectivity index (χ0) is 24.6. The summed E-state index contributed by atoms with van der Waals surface area (Å²) in [6, 6.07) is 14.7. The minimum absolute atomic E-state index is 0.615. The number of H-pyrrole nitrogens is 1. The number of piperidine rings is 1. The third-order valence-electron chi connectivity index (χ3n) is 6.24. The minimum Gasteiger partial charge on any atom is -0.493 e. The van der Waals surface area contributed by atoms with Crippen molar-refractivity contribution in [2.75, 3.05) is 39.5 Å². The number of carboxylic acid groups (broad SMARTS) is 2. The second kappa shape index (κ2) is 11.6. The molecule has 186 valence electrons. The van der Waals surface area contributed by atoms with Crippen LogP contribution in [0.3, 0.4) is 0 Å². The summed E-state index contributed by atoms with van der Waals surface area (Å²) < 4.78 is 17.4. The first kappa shape index (κ1) is 24.4. The van der Waals surface area contributed by atoms with Crippen molar-refractivity contribution in [2.24, 2.45) is 0 Å². The third-order valence-corrected chi connectivity index (χ3v) is 6.24. The molecule has 3 N–H and O–H groups in total. The molecule has 0 unspecified atom stereocenters. The Morgan fingerprint density at radius 1 is 1.00 bits per heavy atom. The second-order valence-corrected chi connectivity index (χ2v) is 8.53. The highest BCUT2D eigenvalue weighted by atomic mass is 16.6. The number of fused-ring (bicyclic) bond motifs is 2. The number of ether oxygens (including phenoxy) is 3. The molecule has 35 heavy (non-hydrogen) atoms. The maximum Gasteiger partial charge on any atom is 0.414 e. The van der Waals surface area contributed by atoms with Crippen molar-refractivity contribution in [3.63, 3.8) is 0 Å². The molecule has 2 aliphatic heterocycles. The quantitative estimate of drug-likeness (QED) is 0.359. The Kier molecular flexibility index (Phi) is 8.10. The van der Waals surface area contributed by atoms with E-state index in [4.69, 9.17) is 34.0 Å². The van der Waals surface area contributed by atoms with E-state index in [9.17, 15) is 0 Å². The highest BCUT2D eigenvalue weighted by Gasteiger charge is 2.22. The lowest BCUT2D eigenvalue weighted by Crippen LogP contribution is -2.34. The number of aliphatic carboxylic acids is 2. The fraction of sp³-hybridized carbons (Fsp3) is 0.385.